The number of halogens is 1. The first-order valence-electron chi connectivity index (χ1n) is 8.03. The highest BCUT2D eigenvalue weighted by Crippen LogP contribution is 2.20. The minimum absolute atomic E-state index is 0.0254. The first-order valence-corrected chi connectivity index (χ1v) is 8.82. The number of hydrogen-bond donors (Lipinski definition) is 4. The van der Waals surface area contributed by atoms with Gasteiger partial charge in [0.15, 0.2) is 5.11 Å². The van der Waals surface area contributed by atoms with Crippen molar-refractivity contribution < 1.29 is 14.3 Å². The predicted molar refractivity (Wildman–Crippen MR) is 100 cm³/mol. The lowest BCUT2D eigenvalue weighted by molar-refractivity contribution is -0.124. The maximum atomic E-state index is 11.8. The lowest BCUT2D eigenvalue weighted by Gasteiger charge is -2.14. The molecule has 1 aliphatic heterocycles. The number of nitrogens with one attached hydrogen (secondary N) is 4. The van der Waals surface area contributed by atoms with Crippen LogP contribution in [-0.4, -0.2) is 36.2 Å². The largest absolute Gasteiger partial charge is 0.376 e. The third-order valence-corrected chi connectivity index (χ3v) is 4.13. The van der Waals surface area contributed by atoms with Crippen molar-refractivity contribution in [2.45, 2.75) is 31.8 Å². The number of ether oxygens (including phenoxy) is 1. The minimum atomic E-state index is -0.337. The van der Waals surface area contributed by atoms with E-state index in [9.17, 15) is 9.59 Å². The highest BCUT2D eigenvalue weighted by atomic mass is 35.5. The van der Waals surface area contributed by atoms with Crippen molar-refractivity contribution in [2.24, 2.45) is 0 Å². The molecule has 0 saturated carbocycles. The molecule has 4 N–H and O–H groups in total. The lowest BCUT2D eigenvalue weighted by Crippen LogP contribution is -2.48. The number of hydrogen-bond acceptors (Lipinski definition) is 4. The molecule has 0 bridgehead atoms. The number of anilines is 1. The zero-order valence-electron chi connectivity index (χ0n) is 13.6. The molecule has 1 heterocycles. The van der Waals surface area contributed by atoms with E-state index in [1.54, 1.807) is 24.3 Å². The van der Waals surface area contributed by atoms with E-state index in [0.29, 0.717) is 22.4 Å². The molecule has 1 aliphatic rings. The molecule has 1 aromatic carbocycles. The van der Waals surface area contributed by atoms with Crippen molar-refractivity contribution in [3.8, 4) is 0 Å². The van der Waals surface area contributed by atoms with Gasteiger partial charge in [-0.2, -0.15) is 0 Å². The van der Waals surface area contributed by atoms with Gasteiger partial charge in [0.2, 0.25) is 11.8 Å². The third-order valence-electron chi connectivity index (χ3n) is 3.56. The van der Waals surface area contributed by atoms with Crippen LogP contribution in [0.5, 0.6) is 0 Å². The van der Waals surface area contributed by atoms with E-state index in [1.165, 1.54) is 0 Å². The Morgan fingerprint density at radius 3 is 2.68 bits per heavy atom. The fourth-order valence-electron chi connectivity index (χ4n) is 2.25. The number of carbonyl (C=O) groups is 2. The van der Waals surface area contributed by atoms with Gasteiger partial charge in [-0.15, -0.1) is 0 Å². The van der Waals surface area contributed by atoms with Crippen LogP contribution in [0.4, 0.5) is 5.69 Å². The Hall–Kier alpha value is -1.90. The van der Waals surface area contributed by atoms with Crippen molar-refractivity contribution in [3.63, 3.8) is 0 Å². The topological polar surface area (TPSA) is 91.5 Å². The Labute approximate surface area is 156 Å². The number of benzene rings is 1. The number of amides is 2. The summed E-state index contributed by atoms with van der Waals surface area (Å²) in [4.78, 5) is 23.6. The maximum absolute atomic E-state index is 11.8. The van der Waals surface area contributed by atoms with Gasteiger partial charge in [-0.05, 0) is 37.2 Å². The molecule has 1 saturated heterocycles. The second-order valence-electron chi connectivity index (χ2n) is 5.55. The summed E-state index contributed by atoms with van der Waals surface area (Å²) in [7, 11) is 0. The molecule has 0 spiro atoms. The van der Waals surface area contributed by atoms with Crippen molar-refractivity contribution in [2.75, 3.05) is 18.5 Å². The van der Waals surface area contributed by atoms with E-state index in [2.05, 4.69) is 21.5 Å². The van der Waals surface area contributed by atoms with E-state index < -0.39 is 0 Å². The van der Waals surface area contributed by atoms with E-state index >= 15 is 0 Å². The first-order chi connectivity index (χ1) is 12.0. The van der Waals surface area contributed by atoms with Gasteiger partial charge >= 0.3 is 0 Å². The zero-order valence-corrected chi connectivity index (χ0v) is 15.2. The van der Waals surface area contributed by atoms with E-state index in [4.69, 9.17) is 28.6 Å². The minimum Gasteiger partial charge on any atom is -0.376 e. The summed E-state index contributed by atoms with van der Waals surface area (Å²) >= 11 is 11.0. The molecule has 0 aliphatic carbocycles. The average Bonchev–Trinajstić information content (AvgIpc) is 3.12. The summed E-state index contributed by atoms with van der Waals surface area (Å²) in [5.41, 5.74) is 5.57. The molecule has 2 rings (SSSR count). The van der Waals surface area contributed by atoms with E-state index in [1.807, 2.05) is 0 Å². The van der Waals surface area contributed by atoms with Crippen LogP contribution >= 0.6 is 23.8 Å². The summed E-state index contributed by atoms with van der Waals surface area (Å²) in [6, 6.07) is 6.91. The smallest absolute Gasteiger partial charge is 0.238 e. The first kappa shape index (κ1) is 19.4. The van der Waals surface area contributed by atoms with Crippen LogP contribution in [0.15, 0.2) is 24.3 Å². The summed E-state index contributed by atoms with van der Waals surface area (Å²) in [6.45, 7) is 1.38. The molecule has 136 valence electrons. The van der Waals surface area contributed by atoms with Gasteiger partial charge < -0.3 is 15.4 Å². The van der Waals surface area contributed by atoms with Gasteiger partial charge in [0.25, 0.3) is 0 Å². The number of hydrazine groups is 1. The molecule has 2 amide bonds. The fourth-order valence-corrected chi connectivity index (χ4v) is 2.56. The van der Waals surface area contributed by atoms with Crippen LogP contribution in [0.1, 0.15) is 25.7 Å². The van der Waals surface area contributed by atoms with Gasteiger partial charge in [-0.25, -0.2) is 0 Å². The van der Waals surface area contributed by atoms with Gasteiger partial charge in [0.05, 0.1) is 16.8 Å². The second-order valence-corrected chi connectivity index (χ2v) is 6.36. The molecule has 1 unspecified atom stereocenters. The normalized spacial score (nSPS) is 16.1. The van der Waals surface area contributed by atoms with Gasteiger partial charge in [-0.3, -0.25) is 20.4 Å². The predicted octanol–water partition coefficient (Wildman–Crippen LogP) is 1.73. The van der Waals surface area contributed by atoms with Crippen LogP contribution in [-0.2, 0) is 14.3 Å². The van der Waals surface area contributed by atoms with E-state index in [0.717, 1.165) is 19.4 Å². The number of para-hydroxylation sites is 1. The van der Waals surface area contributed by atoms with Gasteiger partial charge in [0.1, 0.15) is 0 Å². The molecular weight excluding hydrogens is 364 g/mol. The molecule has 7 nitrogen and oxygen atoms in total. The van der Waals surface area contributed by atoms with Crippen LogP contribution in [0.3, 0.4) is 0 Å². The van der Waals surface area contributed by atoms with Crippen LogP contribution in [0, 0.1) is 0 Å². The molecule has 0 aromatic heterocycles. The molecule has 1 atom stereocenters. The van der Waals surface area contributed by atoms with Gasteiger partial charge in [0, 0.05) is 26.0 Å². The van der Waals surface area contributed by atoms with Crippen LogP contribution < -0.4 is 21.5 Å². The number of carbonyl (C=O) groups excluding carboxylic acids is 2. The molecule has 0 radical (unpaired) electrons. The lowest BCUT2D eigenvalue weighted by atomic mass is 10.2. The Bertz CT molecular complexity index is 623. The number of rotatable bonds is 6. The summed E-state index contributed by atoms with van der Waals surface area (Å²) < 4.78 is 5.46. The molecule has 9 heteroatoms. The monoisotopic (exact) mass is 384 g/mol. The van der Waals surface area contributed by atoms with Crippen molar-refractivity contribution >= 4 is 46.4 Å². The van der Waals surface area contributed by atoms with E-state index in [-0.39, 0.29) is 30.8 Å². The summed E-state index contributed by atoms with van der Waals surface area (Å²) in [5, 5.41) is 6.39. The van der Waals surface area contributed by atoms with Crippen molar-refractivity contribution in [1.29, 1.82) is 0 Å². The van der Waals surface area contributed by atoms with Crippen LogP contribution in [0.2, 0.25) is 5.02 Å². The average molecular weight is 385 g/mol. The van der Waals surface area contributed by atoms with Crippen molar-refractivity contribution in [1.82, 2.24) is 16.2 Å². The quantitative estimate of drug-likeness (QED) is 0.441. The molecule has 1 aromatic rings. The van der Waals surface area contributed by atoms with Crippen LogP contribution in [0.25, 0.3) is 0 Å². The second kappa shape index (κ2) is 10.2. The summed E-state index contributed by atoms with van der Waals surface area (Å²) in [5.74, 6) is -0.627. The number of thiocarbonyl (C=S) groups is 1. The van der Waals surface area contributed by atoms with Gasteiger partial charge in [-0.1, -0.05) is 23.7 Å². The fraction of sp³-hybridized carbons (Fsp3) is 0.438. The molecular formula is C16H21ClN4O3S. The highest BCUT2D eigenvalue weighted by Gasteiger charge is 2.15. The Morgan fingerprint density at radius 2 is 1.96 bits per heavy atom. The Kier molecular flexibility index (Phi) is 7.90. The molecule has 25 heavy (non-hydrogen) atoms. The highest BCUT2D eigenvalue weighted by molar-refractivity contribution is 7.80. The Balaban J connectivity index is 1.59. The molecule has 1 fully saturated rings. The van der Waals surface area contributed by atoms with Crippen molar-refractivity contribution in [3.05, 3.63) is 29.3 Å². The third kappa shape index (κ3) is 7.25. The zero-order chi connectivity index (χ0) is 18.1. The maximum Gasteiger partial charge on any atom is 0.238 e. The summed E-state index contributed by atoms with van der Waals surface area (Å²) in [6.07, 6.45) is 2.28. The Morgan fingerprint density at radius 1 is 1.20 bits per heavy atom. The SMILES string of the molecule is O=C(CCC(=O)Nc1ccccc1Cl)NNC(=S)NCC1CCCO1. The standard InChI is InChI=1S/C16H21ClN4O3S/c17-12-5-1-2-6-13(12)19-14(22)7-8-15(23)20-21-16(25)18-10-11-4-3-9-24-11/h1-2,5-6,11H,3-4,7-10H2,(H,19,22)(H,20,23)(H2,18,21,25).